The van der Waals surface area contributed by atoms with E-state index >= 15 is 0 Å². The molecule has 0 aliphatic heterocycles. The second kappa shape index (κ2) is 4.53. The number of ketones is 1. The van der Waals surface area contributed by atoms with Gasteiger partial charge in [-0.15, -0.1) is 24.2 Å². The zero-order valence-corrected chi connectivity index (χ0v) is 8.61. The summed E-state index contributed by atoms with van der Waals surface area (Å²) >= 11 is 9.62. The number of hydrogen-bond donors (Lipinski definition) is 2. The zero-order chi connectivity index (χ0) is 9.84. The summed E-state index contributed by atoms with van der Waals surface area (Å²) in [4.78, 5) is 12.0. The third-order valence-electron chi connectivity index (χ3n) is 1.69. The Kier molecular flexibility index (Phi) is 3.63. The smallest absolute Gasteiger partial charge is 0.165 e. The SMILES string of the molecule is Nc1cccc(C(=O)CCCl)c1S. The number of benzene rings is 1. The van der Waals surface area contributed by atoms with Crippen molar-refractivity contribution in [1.29, 1.82) is 0 Å². The van der Waals surface area contributed by atoms with Crippen LogP contribution >= 0.6 is 24.2 Å². The molecule has 0 heterocycles. The third kappa shape index (κ3) is 2.39. The summed E-state index contributed by atoms with van der Waals surface area (Å²) in [6.07, 6.45) is 0.318. The summed E-state index contributed by atoms with van der Waals surface area (Å²) < 4.78 is 0. The monoisotopic (exact) mass is 215 g/mol. The van der Waals surface area contributed by atoms with Gasteiger partial charge in [-0.2, -0.15) is 0 Å². The lowest BCUT2D eigenvalue weighted by Crippen LogP contribution is -2.02. The van der Waals surface area contributed by atoms with Crippen LogP contribution in [0.3, 0.4) is 0 Å². The Morgan fingerprint density at radius 2 is 2.23 bits per heavy atom. The second-order valence-corrected chi connectivity index (χ2v) is 3.43. The van der Waals surface area contributed by atoms with E-state index in [0.717, 1.165) is 0 Å². The van der Waals surface area contributed by atoms with Crippen molar-refractivity contribution in [2.24, 2.45) is 0 Å². The first-order chi connectivity index (χ1) is 6.16. The van der Waals surface area contributed by atoms with E-state index in [1.165, 1.54) is 0 Å². The highest BCUT2D eigenvalue weighted by Crippen LogP contribution is 2.22. The maximum Gasteiger partial charge on any atom is 0.165 e. The van der Waals surface area contributed by atoms with Crippen LogP contribution in [0.5, 0.6) is 0 Å². The molecule has 0 unspecified atom stereocenters. The van der Waals surface area contributed by atoms with E-state index < -0.39 is 0 Å². The number of hydrogen-bond acceptors (Lipinski definition) is 3. The molecule has 0 spiro atoms. The fourth-order valence-corrected chi connectivity index (χ4v) is 1.45. The van der Waals surface area contributed by atoms with Gasteiger partial charge in [0.2, 0.25) is 0 Å². The Labute approximate surface area is 87.5 Å². The molecule has 13 heavy (non-hydrogen) atoms. The standard InChI is InChI=1S/C9H10ClNOS/c10-5-4-8(12)6-2-1-3-7(11)9(6)13/h1-3,13H,4-5,11H2. The number of carbonyl (C=O) groups excluding carboxylic acids is 1. The molecule has 0 saturated heterocycles. The second-order valence-electron chi connectivity index (χ2n) is 2.61. The van der Waals surface area contributed by atoms with Gasteiger partial charge in [-0.05, 0) is 6.07 Å². The Morgan fingerprint density at radius 3 is 2.85 bits per heavy atom. The molecule has 1 aromatic rings. The molecule has 2 N–H and O–H groups in total. The van der Waals surface area contributed by atoms with Gasteiger partial charge in [-0.3, -0.25) is 4.79 Å². The van der Waals surface area contributed by atoms with E-state index in [0.29, 0.717) is 28.4 Å². The van der Waals surface area contributed by atoms with Crippen LogP contribution in [-0.2, 0) is 0 Å². The molecule has 0 aliphatic carbocycles. The molecule has 0 fully saturated rings. The molecule has 1 aromatic carbocycles. The molecule has 1 rings (SSSR count). The molecule has 0 aromatic heterocycles. The van der Waals surface area contributed by atoms with Crippen LogP contribution in [-0.4, -0.2) is 11.7 Å². The predicted molar refractivity (Wildman–Crippen MR) is 57.8 cm³/mol. The van der Waals surface area contributed by atoms with Crippen molar-refractivity contribution < 1.29 is 4.79 Å². The average molecular weight is 216 g/mol. The van der Waals surface area contributed by atoms with Crippen LogP contribution in [0.4, 0.5) is 5.69 Å². The molecule has 0 atom stereocenters. The largest absolute Gasteiger partial charge is 0.398 e. The van der Waals surface area contributed by atoms with E-state index in [9.17, 15) is 4.79 Å². The quantitative estimate of drug-likeness (QED) is 0.352. The minimum absolute atomic E-state index is 0.0210. The Morgan fingerprint density at radius 1 is 1.54 bits per heavy atom. The molecule has 0 amide bonds. The summed E-state index contributed by atoms with van der Waals surface area (Å²) in [7, 11) is 0. The molecule has 2 nitrogen and oxygen atoms in total. The van der Waals surface area contributed by atoms with E-state index in [1.807, 2.05) is 0 Å². The minimum atomic E-state index is -0.0210. The maximum atomic E-state index is 11.4. The van der Waals surface area contributed by atoms with Gasteiger partial charge in [0.1, 0.15) is 0 Å². The lowest BCUT2D eigenvalue weighted by Gasteiger charge is -2.04. The molecule has 0 saturated carbocycles. The van der Waals surface area contributed by atoms with Crippen molar-refractivity contribution in [3.63, 3.8) is 0 Å². The molecule has 0 bridgehead atoms. The number of anilines is 1. The van der Waals surface area contributed by atoms with Crippen molar-refractivity contribution in [1.82, 2.24) is 0 Å². The first-order valence-corrected chi connectivity index (χ1v) is 4.81. The molecule has 70 valence electrons. The minimum Gasteiger partial charge on any atom is -0.398 e. The maximum absolute atomic E-state index is 11.4. The number of Topliss-reactive ketones (excluding diaryl/α,β-unsaturated/α-hetero) is 1. The van der Waals surface area contributed by atoms with Crippen molar-refractivity contribution in [2.45, 2.75) is 11.3 Å². The number of halogens is 1. The number of alkyl halides is 1. The van der Waals surface area contributed by atoms with Crippen LogP contribution in [0.2, 0.25) is 0 Å². The fourth-order valence-electron chi connectivity index (χ4n) is 1.01. The number of thiol groups is 1. The molecular formula is C9H10ClNOS. The summed E-state index contributed by atoms with van der Waals surface area (Å²) in [5.74, 6) is 0.299. The van der Waals surface area contributed by atoms with Crippen molar-refractivity contribution in [2.75, 3.05) is 11.6 Å². The molecule has 4 heteroatoms. The summed E-state index contributed by atoms with van der Waals surface area (Å²) in [5.41, 5.74) is 6.66. The number of nitrogen functional groups attached to an aromatic ring is 1. The average Bonchev–Trinajstić information content (AvgIpc) is 2.10. The lowest BCUT2D eigenvalue weighted by atomic mass is 10.1. The topological polar surface area (TPSA) is 43.1 Å². The summed E-state index contributed by atoms with van der Waals surface area (Å²) in [5, 5.41) is 0. The summed E-state index contributed by atoms with van der Waals surface area (Å²) in [6, 6.07) is 5.14. The van der Waals surface area contributed by atoms with Crippen LogP contribution in [0, 0.1) is 0 Å². The van der Waals surface area contributed by atoms with Gasteiger partial charge >= 0.3 is 0 Å². The highest BCUT2D eigenvalue weighted by molar-refractivity contribution is 7.80. The molecular weight excluding hydrogens is 206 g/mol. The fraction of sp³-hybridized carbons (Fsp3) is 0.222. The van der Waals surface area contributed by atoms with Gasteiger partial charge < -0.3 is 5.73 Å². The highest BCUT2D eigenvalue weighted by Gasteiger charge is 2.09. The van der Waals surface area contributed by atoms with Gasteiger partial charge in [0, 0.05) is 28.4 Å². The van der Waals surface area contributed by atoms with E-state index in [-0.39, 0.29) is 5.78 Å². The van der Waals surface area contributed by atoms with Gasteiger partial charge in [0.25, 0.3) is 0 Å². The Bertz CT molecular complexity index is 327. The molecule has 0 radical (unpaired) electrons. The van der Waals surface area contributed by atoms with Gasteiger partial charge in [-0.1, -0.05) is 12.1 Å². The van der Waals surface area contributed by atoms with Crippen LogP contribution in [0.25, 0.3) is 0 Å². The molecule has 0 aliphatic rings. The first-order valence-electron chi connectivity index (χ1n) is 3.83. The third-order valence-corrected chi connectivity index (χ3v) is 2.38. The van der Waals surface area contributed by atoms with Gasteiger partial charge in [-0.25, -0.2) is 0 Å². The number of carbonyl (C=O) groups is 1. The summed E-state index contributed by atoms with van der Waals surface area (Å²) in [6.45, 7) is 0. The van der Waals surface area contributed by atoms with E-state index in [4.69, 9.17) is 17.3 Å². The Balaban J connectivity index is 3.01. The van der Waals surface area contributed by atoms with Gasteiger partial charge in [0.05, 0.1) is 0 Å². The van der Waals surface area contributed by atoms with E-state index in [1.54, 1.807) is 18.2 Å². The zero-order valence-electron chi connectivity index (χ0n) is 6.96. The van der Waals surface area contributed by atoms with Crippen LogP contribution < -0.4 is 5.73 Å². The van der Waals surface area contributed by atoms with Crippen molar-refractivity contribution in [3.8, 4) is 0 Å². The number of rotatable bonds is 3. The lowest BCUT2D eigenvalue weighted by molar-refractivity contribution is 0.0986. The van der Waals surface area contributed by atoms with Crippen molar-refractivity contribution >= 4 is 35.7 Å². The normalized spacial score (nSPS) is 10.0. The Hall–Kier alpha value is -0.670. The highest BCUT2D eigenvalue weighted by atomic mass is 35.5. The first kappa shape index (κ1) is 10.4. The number of nitrogens with two attached hydrogens (primary N) is 1. The van der Waals surface area contributed by atoms with Crippen LogP contribution in [0.15, 0.2) is 23.1 Å². The van der Waals surface area contributed by atoms with Crippen molar-refractivity contribution in [3.05, 3.63) is 23.8 Å². The predicted octanol–water partition coefficient (Wildman–Crippen LogP) is 2.37. The van der Waals surface area contributed by atoms with E-state index in [2.05, 4.69) is 12.6 Å². The van der Waals surface area contributed by atoms with Crippen LogP contribution in [0.1, 0.15) is 16.8 Å². The van der Waals surface area contributed by atoms with Gasteiger partial charge in [0.15, 0.2) is 5.78 Å².